The van der Waals surface area contributed by atoms with Crippen molar-refractivity contribution in [1.82, 2.24) is 9.78 Å². The van der Waals surface area contributed by atoms with E-state index in [1.807, 2.05) is 0 Å². The smallest absolute Gasteiger partial charge is 0.220 e. The molecule has 0 aliphatic rings. The van der Waals surface area contributed by atoms with E-state index in [4.69, 9.17) is 10.5 Å². The topological polar surface area (TPSA) is 53.1 Å². The first kappa shape index (κ1) is 16.5. The van der Waals surface area contributed by atoms with Crippen LogP contribution in [0.5, 0.6) is 5.88 Å². The molecule has 5 heteroatoms. The Morgan fingerprint density at radius 2 is 1.95 bits per heavy atom. The molecule has 1 aromatic heterocycles. The monoisotopic (exact) mass is 305 g/mol. The van der Waals surface area contributed by atoms with Crippen molar-refractivity contribution in [2.75, 3.05) is 13.7 Å². The SMILES string of the molecule is COc1c(CCCN)c(C(C)(C)C)nn1-c1ccccc1F. The van der Waals surface area contributed by atoms with Crippen LogP contribution in [-0.2, 0) is 11.8 Å². The Labute approximate surface area is 131 Å². The van der Waals surface area contributed by atoms with Crippen molar-refractivity contribution in [3.8, 4) is 11.6 Å². The second kappa shape index (κ2) is 6.48. The van der Waals surface area contributed by atoms with Crippen molar-refractivity contribution in [3.63, 3.8) is 0 Å². The molecule has 0 bridgehead atoms. The van der Waals surface area contributed by atoms with Gasteiger partial charge in [0.05, 0.1) is 12.8 Å². The minimum Gasteiger partial charge on any atom is -0.481 e. The van der Waals surface area contributed by atoms with Crippen LogP contribution in [0.1, 0.15) is 38.4 Å². The zero-order valence-electron chi connectivity index (χ0n) is 13.7. The Balaban J connectivity index is 2.65. The summed E-state index contributed by atoms with van der Waals surface area (Å²) in [5, 5.41) is 4.65. The summed E-state index contributed by atoms with van der Waals surface area (Å²) in [6, 6.07) is 6.57. The highest BCUT2D eigenvalue weighted by Gasteiger charge is 2.28. The van der Waals surface area contributed by atoms with Crippen LogP contribution < -0.4 is 10.5 Å². The molecule has 2 rings (SSSR count). The lowest BCUT2D eigenvalue weighted by Gasteiger charge is -2.17. The molecule has 0 atom stereocenters. The summed E-state index contributed by atoms with van der Waals surface area (Å²) in [5.74, 6) is 0.262. The number of hydrogen-bond donors (Lipinski definition) is 1. The first-order valence-corrected chi connectivity index (χ1v) is 7.51. The number of methoxy groups -OCH3 is 1. The number of halogens is 1. The van der Waals surface area contributed by atoms with E-state index in [2.05, 4.69) is 25.9 Å². The molecule has 0 aliphatic carbocycles. The van der Waals surface area contributed by atoms with Crippen LogP contribution >= 0.6 is 0 Å². The first-order valence-electron chi connectivity index (χ1n) is 7.51. The lowest BCUT2D eigenvalue weighted by molar-refractivity contribution is 0.377. The van der Waals surface area contributed by atoms with Crippen LogP contribution in [0.4, 0.5) is 4.39 Å². The Hall–Kier alpha value is -1.88. The number of ether oxygens (including phenoxy) is 1. The van der Waals surface area contributed by atoms with Crippen molar-refractivity contribution in [2.45, 2.75) is 39.0 Å². The number of nitrogens with zero attached hydrogens (tertiary/aromatic N) is 2. The molecule has 0 amide bonds. The Morgan fingerprint density at radius 3 is 2.50 bits per heavy atom. The zero-order chi connectivity index (χ0) is 16.3. The molecular formula is C17H24FN3O. The van der Waals surface area contributed by atoms with Gasteiger partial charge < -0.3 is 10.5 Å². The van der Waals surface area contributed by atoms with Gasteiger partial charge in [-0.3, -0.25) is 0 Å². The van der Waals surface area contributed by atoms with Crippen molar-refractivity contribution in [1.29, 1.82) is 0 Å². The summed E-state index contributed by atoms with van der Waals surface area (Å²) >= 11 is 0. The maximum Gasteiger partial charge on any atom is 0.220 e. The summed E-state index contributed by atoms with van der Waals surface area (Å²) in [6.45, 7) is 6.86. The van der Waals surface area contributed by atoms with Crippen LogP contribution in [0.2, 0.25) is 0 Å². The van der Waals surface area contributed by atoms with E-state index >= 15 is 0 Å². The van der Waals surface area contributed by atoms with Gasteiger partial charge in [-0.15, -0.1) is 0 Å². The van der Waals surface area contributed by atoms with Gasteiger partial charge in [-0.2, -0.15) is 9.78 Å². The molecule has 0 fully saturated rings. The molecule has 2 N–H and O–H groups in total. The second-order valence-corrected chi connectivity index (χ2v) is 6.34. The van der Waals surface area contributed by atoms with Crippen LogP contribution in [0.25, 0.3) is 5.69 Å². The molecule has 4 nitrogen and oxygen atoms in total. The molecule has 2 aromatic rings. The zero-order valence-corrected chi connectivity index (χ0v) is 13.7. The van der Waals surface area contributed by atoms with Gasteiger partial charge in [0.1, 0.15) is 11.5 Å². The molecule has 0 aliphatic heterocycles. The summed E-state index contributed by atoms with van der Waals surface area (Å²) < 4.78 is 21.3. The highest BCUT2D eigenvalue weighted by Crippen LogP contribution is 2.34. The minimum atomic E-state index is -0.325. The predicted octanol–water partition coefficient (Wildman–Crippen LogP) is 3.21. The Bertz CT molecular complexity index is 644. The fraction of sp³-hybridized carbons (Fsp3) is 0.471. The van der Waals surface area contributed by atoms with Gasteiger partial charge in [0, 0.05) is 11.0 Å². The Kier molecular flexibility index (Phi) is 4.86. The van der Waals surface area contributed by atoms with Gasteiger partial charge in [-0.25, -0.2) is 4.39 Å². The lowest BCUT2D eigenvalue weighted by Crippen LogP contribution is -2.15. The van der Waals surface area contributed by atoms with E-state index in [-0.39, 0.29) is 11.2 Å². The fourth-order valence-electron chi connectivity index (χ4n) is 2.54. The van der Waals surface area contributed by atoms with E-state index in [0.717, 1.165) is 24.1 Å². The fourth-order valence-corrected chi connectivity index (χ4v) is 2.54. The van der Waals surface area contributed by atoms with Gasteiger partial charge >= 0.3 is 0 Å². The maximum absolute atomic E-state index is 14.1. The number of rotatable bonds is 5. The summed E-state index contributed by atoms with van der Waals surface area (Å²) in [7, 11) is 1.59. The first-order chi connectivity index (χ1) is 10.4. The van der Waals surface area contributed by atoms with Gasteiger partial charge in [-0.05, 0) is 31.5 Å². The van der Waals surface area contributed by atoms with Gasteiger partial charge in [0.25, 0.3) is 0 Å². The van der Waals surface area contributed by atoms with Crippen LogP contribution in [0.15, 0.2) is 24.3 Å². The van der Waals surface area contributed by atoms with E-state index < -0.39 is 0 Å². The van der Waals surface area contributed by atoms with E-state index in [1.165, 1.54) is 6.07 Å². The largest absolute Gasteiger partial charge is 0.481 e. The van der Waals surface area contributed by atoms with Crippen LogP contribution in [0, 0.1) is 5.82 Å². The molecule has 0 saturated carbocycles. The van der Waals surface area contributed by atoms with E-state index in [0.29, 0.717) is 18.1 Å². The average molecular weight is 305 g/mol. The number of para-hydroxylation sites is 1. The predicted molar refractivity (Wildman–Crippen MR) is 86.1 cm³/mol. The van der Waals surface area contributed by atoms with E-state index in [9.17, 15) is 4.39 Å². The number of aromatic nitrogens is 2. The molecule has 0 spiro atoms. The molecule has 22 heavy (non-hydrogen) atoms. The number of hydrogen-bond acceptors (Lipinski definition) is 3. The van der Waals surface area contributed by atoms with Crippen molar-refractivity contribution >= 4 is 0 Å². The molecule has 120 valence electrons. The highest BCUT2D eigenvalue weighted by molar-refractivity contribution is 5.44. The number of benzene rings is 1. The maximum atomic E-state index is 14.1. The lowest BCUT2D eigenvalue weighted by atomic mass is 9.88. The third-order valence-electron chi connectivity index (χ3n) is 3.55. The third kappa shape index (κ3) is 3.14. The van der Waals surface area contributed by atoms with E-state index in [1.54, 1.807) is 30.0 Å². The summed E-state index contributed by atoms with van der Waals surface area (Å²) in [6.07, 6.45) is 1.60. The molecule has 0 unspecified atom stereocenters. The van der Waals surface area contributed by atoms with Crippen LogP contribution in [0.3, 0.4) is 0 Å². The molecule has 1 heterocycles. The normalized spacial score (nSPS) is 11.7. The second-order valence-electron chi connectivity index (χ2n) is 6.34. The van der Waals surface area contributed by atoms with Gasteiger partial charge in [-0.1, -0.05) is 32.9 Å². The standard InChI is InChI=1S/C17H24FN3O/c1-17(2,3)15-12(8-7-11-19)16(22-4)21(20-15)14-10-6-5-9-13(14)18/h5-6,9-10H,7-8,11,19H2,1-4H3. The van der Waals surface area contributed by atoms with Crippen molar-refractivity contribution in [2.24, 2.45) is 5.73 Å². The average Bonchev–Trinajstić information content (AvgIpc) is 2.84. The van der Waals surface area contributed by atoms with Crippen molar-refractivity contribution < 1.29 is 9.13 Å². The Morgan fingerprint density at radius 1 is 1.27 bits per heavy atom. The molecular weight excluding hydrogens is 281 g/mol. The van der Waals surface area contributed by atoms with Crippen molar-refractivity contribution in [3.05, 3.63) is 41.3 Å². The quantitative estimate of drug-likeness (QED) is 0.923. The van der Waals surface area contributed by atoms with Gasteiger partial charge in [0.15, 0.2) is 0 Å². The van der Waals surface area contributed by atoms with Gasteiger partial charge in [0.2, 0.25) is 5.88 Å². The number of nitrogens with two attached hydrogens (primary N) is 1. The summed E-state index contributed by atoms with van der Waals surface area (Å²) in [4.78, 5) is 0. The van der Waals surface area contributed by atoms with Crippen LogP contribution in [-0.4, -0.2) is 23.4 Å². The highest BCUT2D eigenvalue weighted by atomic mass is 19.1. The summed E-state index contributed by atoms with van der Waals surface area (Å²) in [5.41, 5.74) is 7.80. The third-order valence-corrected chi connectivity index (χ3v) is 3.55. The molecule has 0 radical (unpaired) electrons. The molecule has 0 saturated heterocycles. The minimum absolute atomic E-state index is 0.159. The molecule has 1 aromatic carbocycles.